The molecule has 2 nitrogen and oxygen atoms in total. The van der Waals surface area contributed by atoms with Crippen LogP contribution in [-0.2, 0) is 5.75 Å². The zero-order valence-corrected chi connectivity index (χ0v) is 11.6. The van der Waals surface area contributed by atoms with E-state index in [4.69, 9.17) is 10.5 Å². The topological polar surface area (TPSA) is 35.2 Å². The lowest BCUT2D eigenvalue weighted by Gasteiger charge is -2.34. The molecule has 1 heterocycles. The molecule has 0 bridgehead atoms. The molecule has 2 atom stereocenters. The molecular weight excluding hydrogens is 230 g/mol. The van der Waals surface area contributed by atoms with Crippen LogP contribution in [-0.4, -0.2) is 11.9 Å². The van der Waals surface area contributed by atoms with Gasteiger partial charge in [-0.3, -0.25) is 0 Å². The highest BCUT2D eigenvalue weighted by Crippen LogP contribution is 2.42. The summed E-state index contributed by atoms with van der Waals surface area (Å²) in [4.78, 5) is 0. The number of fused-ring (bicyclic) bond motifs is 1. The Morgan fingerprint density at radius 1 is 1.47 bits per heavy atom. The van der Waals surface area contributed by atoms with Crippen molar-refractivity contribution >= 4 is 11.8 Å². The summed E-state index contributed by atoms with van der Waals surface area (Å²) < 4.78 is 5.68. The van der Waals surface area contributed by atoms with Crippen molar-refractivity contribution in [3.63, 3.8) is 0 Å². The maximum atomic E-state index is 6.38. The van der Waals surface area contributed by atoms with Crippen molar-refractivity contribution in [1.82, 2.24) is 0 Å². The normalized spacial score (nSPS) is 23.6. The number of ether oxygens (including phenoxy) is 1. The average Bonchev–Trinajstić information content (AvgIpc) is 2.30. The molecule has 1 aromatic rings. The maximum Gasteiger partial charge on any atom is 0.123 e. The van der Waals surface area contributed by atoms with Crippen molar-refractivity contribution in [3.8, 4) is 5.75 Å². The third kappa shape index (κ3) is 2.45. The second kappa shape index (κ2) is 5.32. The van der Waals surface area contributed by atoms with Crippen LogP contribution in [0.4, 0.5) is 0 Å². The van der Waals surface area contributed by atoms with Gasteiger partial charge in [0.15, 0.2) is 0 Å². The first-order chi connectivity index (χ1) is 8.15. The Morgan fingerprint density at radius 2 is 2.24 bits per heavy atom. The molecule has 0 amide bonds. The second-order valence-corrected chi connectivity index (χ2v) is 5.97. The van der Waals surface area contributed by atoms with Gasteiger partial charge in [0, 0.05) is 22.6 Å². The molecule has 0 spiro atoms. The minimum atomic E-state index is 0.129. The highest BCUT2D eigenvalue weighted by molar-refractivity contribution is 7.99. The fourth-order valence-corrected chi connectivity index (χ4v) is 3.81. The lowest BCUT2D eigenvalue weighted by Crippen LogP contribution is -2.32. The number of nitrogens with two attached hydrogens (primary N) is 1. The number of rotatable bonds is 3. The first kappa shape index (κ1) is 12.8. The predicted molar refractivity (Wildman–Crippen MR) is 74.5 cm³/mol. The lowest BCUT2D eigenvalue weighted by atomic mass is 9.93. The Bertz CT molecular complexity index is 392. The molecule has 0 radical (unpaired) electrons. The molecule has 17 heavy (non-hydrogen) atoms. The van der Waals surface area contributed by atoms with E-state index in [0.717, 1.165) is 11.5 Å². The van der Waals surface area contributed by atoms with Gasteiger partial charge in [-0.2, -0.15) is 11.8 Å². The van der Waals surface area contributed by atoms with E-state index in [2.05, 4.69) is 26.0 Å². The van der Waals surface area contributed by atoms with Gasteiger partial charge in [-0.15, -0.1) is 0 Å². The molecule has 3 heteroatoms. The Morgan fingerprint density at radius 3 is 2.88 bits per heavy atom. The van der Waals surface area contributed by atoms with E-state index in [1.54, 1.807) is 0 Å². The molecule has 1 aliphatic heterocycles. The summed E-state index contributed by atoms with van der Waals surface area (Å²) in [6, 6.07) is 6.38. The van der Waals surface area contributed by atoms with Crippen LogP contribution in [0.15, 0.2) is 18.2 Å². The number of thioether (sulfide) groups is 1. The third-order valence-corrected chi connectivity index (χ3v) is 4.94. The van der Waals surface area contributed by atoms with Crippen molar-refractivity contribution < 1.29 is 4.74 Å². The SMILES string of the molecule is CCOc1cccc2c1CSC(C(C)C)C2N. The first-order valence-corrected chi connectivity index (χ1v) is 7.31. The third-order valence-electron chi connectivity index (χ3n) is 3.26. The summed E-state index contributed by atoms with van der Waals surface area (Å²) in [6.45, 7) is 7.22. The predicted octanol–water partition coefficient (Wildman–Crippen LogP) is 3.36. The molecule has 2 N–H and O–H groups in total. The average molecular weight is 251 g/mol. The van der Waals surface area contributed by atoms with Gasteiger partial charge in [0.25, 0.3) is 0 Å². The van der Waals surface area contributed by atoms with Gasteiger partial charge in [0.1, 0.15) is 5.75 Å². The van der Waals surface area contributed by atoms with Crippen molar-refractivity contribution in [2.75, 3.05) is 6.61 Å². The van der Waals surface area contributed by atoms with Gasteiger partial charge >= 0.3 is 0 Å². The molecule has 94 valence electrons. The highest BCUT2D eigenvalue weighted by Gasteiger charge is 2.30. The number of hydrogen-bond acceptors (Lipinski definition) is 3. The summed E-state index contributed by atoms with van der Waals surface area (Å²) >= 11 is 1.96. The van der Waals surface area contributed by atoms with Gasteiger partial charge < -0.3 is 10.5 Å². The van der Waals surface area contributed by atoms with Crippen LogP contribution in [0.3, 0.4) is 0 Å². The molecular formula is C14H21NOS. The first-order valence-electron chi connectivity index (χ1n) is 6.27. The zero-order chi connectivity index (χ0) is 12.4. The van der Waals surface area contributed by atoms with Crippen molar-refractivity contribution in [1.29, 1.82) is 0 Å². The van der Waals surface area contributed by atoms with E-state index >= 15 is 0 Å². The van der Waals surface area contributed by atoms with E-state index in [1.807, 2.05) is 24.8 Å². The van der Waals surface area contributed by atoms with Crippen LogP contribution in [0.2, 0.25) is 0 Å². The molecule has 0 saturated carbocycles. The zero-order valence-electron chi connectivity index (χ0n) is 10.8. The largest absolute Gasteiger partial charge is 0.494 e. The molecule has 0 aromatic heterocycles. The highest BCUT2D eigenvalue weighted by atomic mass is 32.2. The minimum Gasteiger partial charge on any atom is -0.494 e. The summed E-state index contributed by atoms with van der Waals surface area (Å²) in [7, 11) is 0. The molecule has 2 rings (SSSR count). The summed E-state index contributed by atoms with van der Waals surface area (Å²) in [5.41, 5.74) is 8.95. The lowest BCUT2D eigenvalue weighted by molar-refractivity contribution is 0.336. The molecule has 1 aliphatic rings. The van der Waals surface area contributed by atoms with E-state index in [0.29, 0.717) is 17.8 Å². The number of hydrogen-bond donors (Lipinski definition) is 1. The fourth-order valence-electron chi connectivity index (χ4n) is 2.41. The summed E-state index contributed by atoms with van der Waals surface area (Å²) in [6.07, 6.45) is 0. The van der Waals surface area contributed by atoms with Gasteiger partial charge in [-0.05, 0) is 24.5 Å². The van der Waals surface area contributed by atoms with Gasteiger partial charge in [-0.1, -0.05) is 26.0 Å². The molecule has 0 fully saturated rings. The van der Waals surface area contributed by atoms with Crippen LogP contribution >= 0.6 is 11.8 Å². The Balaban J connectivity index is 2.34. The van der Waals surface area contributed by atoms with Crippen LogP contribution in [0, 0.1) is 5.92 Å². The van der Waals surface area contributed by atoms with Crippen LogP contribution < -0.4 is 10.5 Å². The van der Waals surface area contributed by atoms with Gasteiger partial charge in [0.05, 0.1) is 6.61 Å². The Kier molecular flexibility index (Phi) is 4.00. The minimum absolute atomic E-state index is 0.129. The van der Waals surface area contributed by atoms with Crippen molar-refractivity contribution in [2.45, 2.75) is 37.8 Å². The molecule has 1 aromatic carbocycles. The van der Waals surface area contributed by atoms with Crippen molar-refractivity contribution in [2.24, 2.45) is 11.7 Å². The molecule has 0 aliphatic carbocycles. The van der Waals surface area contributed by atoms with Crippen LogP contribution in [0.25, 0.3) is 0 Å². The van der Waals surface area contributed by atoms with Crippen LogP contribution in [0.1, 0.15) is 37.9 Å². The smallest absolute Gasteiger partial charge is 0.123 e. The number of benzene rings is 1. The maximum absolute atomic E-state index is 6.38. The Hall–Kier alpha value is -0.670. The molecule has 2 unspecified atom stereocenters. The van der Waals surface area contributed by atoms with Gasteiger partial charge in [-0.25, -0.2) is 0 Å². The molecule has 0 saturated heterocycles. The fraction of sp³-hybridized carbons (Fsp3) is 0.571. The van der Waals surface area contributed by atoms with Crippen LogP contribution in [0.5, 0.6) is 5.75 Å². The quantitative estimate of drug-likeness (QED) is 0.894. The van der Waals surface area contributed by atoms with E-state index in [-0.39, 0.29) is 6.04 Å². The van der Waals surface area contributed by atoms with E-state index < -0.39 is 0 Å². The van der Waals surface area contributed by atoms with E-state index in [9.17, 15) is 0 Å². The Labute approximate surface area is 108 Å². The van der Waals surface area contributed by atoms with E-state index in [1.165, 1.54) is 11.1 Å². The second-order valence-electron chi connectivity index (χ2n) is 4.80. The van der Waals surface area contributed by atoms with Gasteiger partial charge in [0.2, 0.25) is 0 Å². The monoisotopic (exact) mass is 251 g/mol. The summed E-state index contributed by atoms with van der Waals surface area (Å²) in [5, 5.41) is 0.513. The van der Waals surface area contributed by atoms with Crippen molar-refractivity contribution in [3.05, 3.63) is 29.3 Å². The summed E-state index contributed by atoms with van der Waals surface area (Å²) in [5.74, 6) is 2.64. The standard InChI is InChI=1S/C14H21NOS/c1-4-16-12-7-5-6-10-11(12)8-17-14(9(2)3)13(10)15/h5-7,9,13-14H,4,8,15H2,1-3H3.